The van der Waals surface area contributed by atoms with Gasteiger partial charge in [-0.15, -0.1) is 0 Å². The fourth-order valence-corrected chi connectivity index (χ4v) is 3.82. The van der Waals surface area contributed by atoms with Crippen molar-refractivity contribution >= 4 is 17.4 Å². The van der Waals surface area contributed by atoms with Gasteiger partial charge in [-0.05, 0) is 36.2 Å². The average molecular weight is 431 g/mol. The second-order valence-electron chi connectivity index (χ2n) is 7.65. The number of ether oxygens (including phenoxy) is 1. The number of aliphatic hydroxyl groups excluding tert-OH is 1. The van der Waals surface area contributed by atoms with Crippen LogP contribution in [0.3, 0.4) is 0 Å². The first-order valence-corrected chi connectivity index (χ1v) is 10.7. The van der Waals surface area contributed by atoms with Crippen LogP contribution in [0.5, 0.6) is 5.75 Å². The van der Waals surface area contributed by atoms with Gasteiger partial charge in [0.1, 0.15) is 17.3 Å². The first-order valence-electron chi connectivity index (χ1n) is 10.7. The highest BCUT2D eigenvalue weighted by Crippen LogP contribution is 2.41. The Morgan fingerprint density at radius 1 is 1.06 bits per heavy atom. The highest BCUT2D eigenvalue weighted by Gasteiger charge is 2.46. The van der Waals surface area contributed by atoms with E-state index in [0.717, 1.165) is 12.8 Å². The minimum atomic E-state index is -0.768. The number of amides is 1. The van der Waals surface area contributed by atoms with Crippen LogP contribution in [-0.2, 0) is 16.1 Å². The molecule has 1 amide bonds. The van der Waals surface area contributed by atoms with E-state index < -0.39 is 17.7 Å². The van der Waals surface area contributed by atoms with Crippen molar-refractivity contribution in [2.75, 3.05) is 6.61 Å². The third-order valence-corrected chi connectivity index (χ3v) is 5.43. The molecular formula is C26H25NO5. The Balaban J connectivity index is 1.79. The molecule has 0 aliphatic carbocycles. The summed E-state index contributed by atoms with van der Waals surface area (Å²) in [6, 6.07) is 18.8. The molecule has 6 nitrogen and oxygen atoms in total. The van der Waals surface area contributed by atoms with Crippen molar-refractivity contribution in [3.63, 3.8) is 0 Å². The maximum atomic E-state index is 13.1. The minimum absolute atomic E-state index is 0.0541. The highest BCUT2D eigenvalue weighted by molar-refractivity contribution is 6.46. The van der Waals surface area contributed by atoms with Crippen LogP contribution in [0.1, 0.15) is 42.7 Å². The molecule has 1 aliphatic rings. The Morgan fingerprint density at radius 3 is 2.59 bits per heavy atom. The van der Waals surface area contributed by atoms with E-state index in [1.54, 1.807) is 36.4 Å². The van der Waals surface area contributed by atoms with E-state index in [-0.39, 0.29) is 17.9 Å². The number of benzene rings is 2. The van der Waals surface area contributed by atoms with E-state index in [2.05, 4.69) is 6.92 Å². The minimum Gasteiger partial charge on any atom is -0.507 e. The molecule has 0 bridgehead atoms. The van der Waals surface area contributed by atoms with Crippen LogP contribution < -0.4 is 4.74 Å². The van der Waals surface area contributed by atoms with E-state index >= 15 is 0 Å². The number of rotatable bonds is 8. The molecule has 1 unspecified atom stereocenters. The number of furan rings is 1. The lowest BCUT2D eigenvalue weighted by Crippen LogP contribution is -2.29. The molecule has 1 fully saturated rings. The van der Waals surface area contributed by atoms with Gasteiger partial charge in [-0.2, -0.15) is 0 Å². The summed E-state index contributed by atoms with van der Waals surface area (Å²) in [6.45, 7) is 2.77. The Labute approximate surface area is 186 Å². The first-order chi connectivity index (χ1) is 15.6. The van der Waals surface area contributed by atoms with Crippen LogP contribution in [0.15, 0.2) is 83.0 Å². The molecule has 0 radical (unpaired) electrons. The van der Waals surface area contributed by atoms with Crippen LogP contribution >= 0.6 is 0 Å². The molecule has 4 rings (SSSR count). The van der Waals surface area contributed by atoms with Gasteiger partial charge >= 0.3 is 0 Å². The Morgan fingerprint density at radius 2 is 1.88 bits per heavy atom. The molecule has 32 heavy (non-hydrogen) atoms. The van der Waals surface area contributed by atoms with E-state index in [9.17, 15) is 14.7 Å². The van der Waals surface area contributed by atoms with Gasteiger partial charge in [-0.3, -0.25) is 9.59 Å². The standard InChI is InChI=1S/C26H25NO5/c1-2-3-14-31-20-12-7-11-19(16-20)23-22(24(28)18-9-5-4-6-10-18)25(29)26(30)27(23)17-21-13-8-15-32-21/h4-13,15-16,23,28H,2-3,14,17H2,1H3/b24-22+. The molecule has 0 saturated carbocycles. The molecule has 0 spiro atoms. The van der Waals surface area contributed by atoms with E-state index in [4.69, 9.17) is 9.15 Å². The van der Waals surface area contributed by atoms with Gasteiger partial charge in [0.25, 0.3) is 11.7 Å². The monoisotopic (exact) mass is 431 g/mol. The van der Waals surface area contributed by atoms with Crippen LogP contribution in [-0.4, -0.2) is 28.3 Å². The number of hydrogen-bond donors (Lipinski definition) is 1. The molecule has 1 aromatic heterocycles. The van der Waals surface area contributed by atoms with Gasteiger partial charge in [0.2, 0.25) is 0 Å². The van der Waals surface area contributed by atoms with Gasteiger partial charge in [0.05, 0.1) is 31.0 Å². The summed E-state index contributed by atoms with van der Waals surface area (Å²) in [5.74, 6) is -0.402. The van der Waals surface area contributed by atoms with Gasteiger partial charge < -0.3 is 19.2 Å². The summed E-state index contributed by atoms with van der Waals surface area (Å²) in [4.78, 5) is 27.5. The zero-order valence-corrected chi connectivity index (χ0v) is 17.9. The summed E-state index contributed by atoms with van der Waals surface area (Å²) in [5, 5.41) is 11.1. The second kappa shape index (κ2) is 9.56. The quantitative estimate of drug-likeness (QED) is 0.233. The second-order valence-corrected chi connectivity index (χ2v) is 7.65. The van der Waals surface area contributed by atoms with Crippen molar-refractivity contribution in [2.24, 2.45) is 0 Å². The number of carbonyl (C=O) groups is 2. The first kappa shape index (κ1) is 21.4. The SMILES string of the molecule is CCCCOc1cccc(C2/C(=C(\O)c3ccccc3)C(=O)C(=O)N2Cc2ccco2)c1. The largest absolute Gasteiger partial charge is 0.507 e. The van der Waals surface area contributed by atoms with Crippen LogP contribution in [0, 0.1) is 0 Å². The predicted octanol–water partition coefficient (Wildman–Crippen LogP) is 5.08. The van der Waals surface area contributed by atoms with E-state index in [1.807, 2.05) is 30.3 Å². The predicted molar refractivity (Wildman–Crippen MR) is 120 cm³/mol. The number of ketones is 1. The van der Waals surface area contributed by atoms with Gasteiger partial charge in [-0.25, -0.2) is 0 Å². The fraction of sp³-hybridized carbons (Fsp3) is 0.231. The van der Waals surface area contributed by atoms with Crippen molar-refractivity contribution in [2.45, 2.75) is 32.4 Å². The summed E-state index contributed by atoms with van der Waals surface area (Å²) in [6.07, 6.45) is 3.46. The van der Waals surface area contributed by atoms with Gasteiger partial charge in [0.15, 0.2) is 0 Å². The lowest BCUT2D eigenvalue weighted by Gasteiger charge is -2.25. The smallest absolute Gasteiger partial charge is 0.296 e. The molecule has 1 N–H and O–H groups in total. The fourth-order valence-electron chi connectivity index (χ4n) is 3.82. The normalized spacial score (nSPS) is 17.7. The van der Waals surface area contributed by atoms with Crippen molar-refractivity contribution in [1.82, 2.24) is 4.90 Å². The maximum Gasteiger partial charge on any atom is 0.296 e. The Hall–Kier alpha value is -3.80. The summed E-state index contributed by atoms with van der Waals surface area (Å²) < 4.78 is 11.3. The summed E-state index contributed by atoms with van der Waals surface area (Å²) >= 11 is 0. The Kier molecular flexibility index (Phi) is 6.40. The molecular weight excluding hydrogens is 406 g/mol. The molecule has 3 aromatic rings. The average Bonchev–Trinajstić information content (AvgIpc) is 3.42. The van der Waals surface area contributed by atoms with Crippen LogP contribution in [0.4, 0.5) is 0 Å². The Bertz CT molecular complexity index is 1120. The van der Waals surface area contributed by atoms with Crippen LogP contribution in [0.25, 0.3) is 5.76 Å². The van der Waals surface area contributed by atoms with E-state index in [1.165, 1.54) is 11.2 Å². The van der Waals surface area contributed by atoms with Crippen LogP contribution in [0.2, 0.25) is 0 Å². The number of carbonyl (C=O) groups excluding carboxylic acids is 2. The topological polar surface area (TPSA) is 80.0 Å². The van der Waals surface area contributed by atoms with Gasteiger partial charge in [-0.1, -0.05) is 55.8 Å². The van der Waals surface area contributed by atoms with Crippen molar-refractivity contribution in [1.29, 1.82) is 0 Å². The summed E-state index contributed by atoms with van der Waals surface area (Å²) in [5.41, 5.74) is 1.21. The molecule has 1 atom stereocenters. The molecule has 2 aromatic carbocycles. The summed E-state index contributed by atoms with van der Waals surface area (Å²) in [7, 11) is 0. The third-order valence-electron chi connectivity index (χ3n) is 5.43. The molecule has 6 heteroatoms. The van der Waals surface area contributed by atoms with Gasteiger partial charge in [0, 0.05) is 5.56 Å². The van der Waals surface area contributed by atoms with E-state index in [0.29, 0.717) is 29.2 Å². The lowest BCUT2D eigenvalue weighted by atomic mass is 9.95. The number of hydrogen-bond acceptors (Lipinski definition) is 5. The van der Waals surface area contributed by atoms with Crippen molar-refractivity contribution in [3.8, 4) is 5.75 Å². The highest BCUT2D eigenvalue weighted by atomic mass is 16.5. The molecule has 2 heterocycles. The zero-order valence-electron chi connectivity index (χ0n) is 17.9. The lowest BCUT2D eigenvalue weighted by molar-refractivity contribution is -0.140. The molecule has 164 valence electrons. The number of unbranched alkanes of at least 4 members (excludes halogenated alkanes) is 1. The van der Waals surface area contributed by atoms with Crippen molar-refractivity contribution < 1.29 is 23.8 Å². The number of likely N-dealkylation sites (tertiary alicyclic amines) is 1. The zero-order chi connectivity index (χ0) is 22.5. The van der Waals surface area contributed by atoms with Crippen molar-refractivity contribution in [3.05, 3.63) is 95.5 Å². The molecule has 1 aliphatic heterocycles. The maximum absolute atomic E-state index is 13.1. The molecule has 1 saturated heterocycles. The third kappa shape index (κ3) is 4.30. The number of Topliss-reactive ketones (excluding diaryl/α,β-unsaturated/α-hetero) is 1. The number of aliphatic hydroxyl groups is 1. The number of nitrogens with zero attached hydrogens (tertiary/aromatic N) is 1.